The highest BCUT2D eigenvalue weighted by molar-refractivity contribution is 7.14. The molecule has 3 nitrogen and oxygen atoms in total. The summed E-state index contributed by atoms with van der Waals surface area (Å²) in [4.78, 5) is 17.8. The number of thiazole rings is 1. The van der Waals surface area contributed by atoms with E-state index in [1.165, 1.54) is 16.9 Å². The summed E-state index contributed by atoms with van der Waals surface area (Å²) >= 11 is 1.51. The van der Waals surface area contributed by atoms with Crippen molar-refractivity contribution in [2.24, 2.45) is 0 Å². The molecule has 0 fully saturated rings. The van der Waals surface area contributed by atoms with Gasteiger partial charge in [-0.25, -0.2) is 4.98 Å². The molecule has 4 heteroatoms. The third-order valence-corrected chi connectivity index (χ3v) is 3.67. The van der Waals surface area contributed by atoms with Gasteiger partial charge in [0.1, 0.15) is 5.69 Å². The maximum Gasteiger partial charge on any atom is 0.190 e. The van der Waals surface area contributed by atoms with Crippen LogP contribution in [0.1, 0.15) is 29.9 Å². The lowest BCUT2D eigenvalue weighted by Crippen LogP contribution is -2.17. The van der Waals surface area contributed by atoms with Gasteiger partial charge in [0.05, 0.1) is 0 Å². The Kier molecular flexibility index (Phi) is 3.77. The van der Waals surface area contributed by atoms with Crippen LogP contribution in [0.4, 0.5) is 10.8 Å². The maximum atomic E-state index is 11.3. The van der Waals surface area contributed by atoms with Crippen molar-refractivity contribution in [3.63, 3.8) is 0 Å². The Balaban J connectivity index is 2.39. The molecular formula is C14H16N2OS. The fraction of sp³-hybridized carbons (Fsp3) is 0.286. The molecule has 1 aromatic heterocycles. The Hall–Kier alpha value is -1.68. The average molecular weight is 260 g/mol. The van der Waals surface area contributed by atoms with Crippen molar-refractivity contribution >= 4 is 27.9 Å². The van der Waals surface area contributed by atoms with Gasteiger partial charge in [-0.15, -0.1) is 11.3 Å². The van der Waals surface area contributed by atoms with Gasteiger partial charge < -0.3 is 4.90 Å². The molecule has 18 heavy (non-hydrogen) atoms. The molecule has 2 aromatic rings. The summed E-state index contributed by atoms with van der Waals surface area (Å²) in [6, 6.07) is 8.20. The van der Waals surface area contributed by atoms with Crippen LogP contribution in [0.5, 0.6) is 0 Å². The maximum absolute atomic E-state index is 11.3. The molecule has 0 radical (unpaired) electrons. The highest BCUT2D eigenvalue weighted by Crippen LogP contribution is 2.30. The fourth-order valence-electron chi connectivity index (χ4n) is 1.82. The van der Waals surface area contributed by atoms with Crippen LogP contribution in [-0.2, 0) is 0 Å². The Bertz CT molecular complexity index is 562. The van der Waals surface area contributed by atoms with Crippen molar-refractivity contribution in [1.29, 1.82) is 0 Å². The van der Waals surface area contributed by atoms with Crippen LogP contribution in [0.15, 0.2) is 29.6 Å². The number of ketones is 1. The first-order valence-corrected chi connectivity index (χ1v) is 6.81. The number of rotatable bonds is 4. The molecule has 0 amide bonds. The number of aryl methyl sites for hydroxylation is 1. The normalized spacial score (nSPS) is 10.4. The number of Topliss-reactive ketones (excluding diaryl/α,β-unsaturated/α-hetero) is 1. The summed E-state index contributed by atoms with van der Waals surface area (Å²) in [7, 11) is 0. The first-order valence-electron chi connectivity index (χ1n) is 5.93. The molecular weight excluding hydrogens is 244 g/mol. The molecule has 0 bridgehead atoms. The van der Waals surface area contributed by atoms with Crippen LogP contribution in [-0.4, -0.2) is 17.3 Å². The number of anilines is 2. The van der Waals surface area contributed by atoms with Crippen molar-refractivity contribution in [2.75, 3.05) is 11.4 Å². The molecule has 1 heterocycles. The number of hydrogen-bond donors (Lipinski definition) is 0. The van der Waals surface area contributed by atoms with E-state index < -0.39 is 0 Å². The van der Waals surface area contributed by atoms with E-state index in [0.29, 0.717) is 5.69 Å². The van der Waals surface area contributed by atoms with E-state index in [1.54, 1.807) is 6.92 Å². The molecule has 94 valence electrons. The minimum atomic E-state index is 0.0123. The number of nitrogens with zero attached hydrogens (tertiary/aromatic N) is 2. The highest BCUT2D eigenvalue weighted by atomic mass is 32.1. The van der Waals surface area contributed by atoms with Gasteiger partial charge in [0.25, 0.3) is 0 Å². The molecule has 0 saturated carbocycles. The zero-order valence-corrected chi connectivity index (χ0v) is 11.6. The van der Waals surface area contributed by atoms with Crippen LogP contribution in [0.2, 0.25) is 0 Å². The summed E-state index contributed by atoms with van der Waals surface area (Å²) in [5, 5.41) is 2.69. The Labute approximate surface area is 111 Å². The van der Waals surface area contributed by atoms with Crippen LogP contribution in [0, 0.1) is 6.92 Å². The summed E-state index contributed by atoms with van der Waals surface area (Å²) in [5.41, 5.74) is 2.89. The second-order valence-corrected chi connectivity index (χ2v) is 4.94. The molecule has 0 N–H and O–H groups in total. The summed E-state index contributed by atoms with van der Waals surface area (Å²) in [6.07, 6.45) is 0. The van der Waals surface area contributed by atoms with Gasteiger partial charge in [-0.3, -0.25) is 4.79 Å². The molecule has 0 atom stereocenters. The van der Waals surface area contributed by atoms with Gasteiger partial charge in [0.2, 0.25) is 0 Å². The largest absolute Gasteiger partial charge is 0.318 e. The molecule has 0 unspecified atom stereocenters. The Morgan fingerprint density at radius 1 is 1.39 bits per heavy atom. The Morgan fingerprint density at radius 2 is 2.11 bits per heavy atom. The number of aromatic nitrogens is 1. The molecule has 1 aromatic carbocycles. The van der Waals surface area contributed by atoms with E-state index in [1.807, 2.05) is 17.5 Å². The van der Waals surface area contributed by atoms with Crippen molar-refractivity contribution in [3.8, 4) is 0 Å². The van der Waals surface area contributed by atoms with Crippen LogP contribution < -0.4 is 4.90 Å². The molecule has 0 saturated heterocycles. The van der Waals surface area contributed by atoms with E-state index in [-0.39, 0.29) is 5.78 Å². The fourth-order valence-corrected chi connectivity index (χ4v) is 2.77. The van der Waals surface area contributed by atoms with E-state index in [9.17, 15) is 4.79 Å². The molecule has 0 aliphatic rings. The SMILES string of the molecule is CCN(c1nc(C(C)=O)cs1)c1ccccc1C. The summed E-state index contributed by atoms with van der Waals surface area (Å²) in [6.45, 7) is 6.54. The monoisotopic (exact) mass is 260 g/mol. The zero-order valence-electron chi connectivity index (χ0n) is 10.8. The van der Waals surface area contributed by atoms with Crippen molar-refractivity contribution in [1.82, 2.24) is 4.98 Å². The lowest BCUT2D eigenvalue weighted by Gasteiger charge is -2.21. The first-order chi connectivity index (χ1) is 8.63. The van der Waals surface area contributed by atoms with Gasteiger partial charge in [-0.1, -0.05) is 18.2 Å². The van der Waals surface area contributed by atoms with Crippen molar-refractivity contribution in [3.05, 3.63) is 40.9 Å². The minimum absolute atomic E-state index is 0.0123. The van der Waals surface area contributed by atoms with Crippen LogP contribution >= 0.6 is 11.3 Å². The number of carbonyl (C=O) groups excluding carboxylic acids is 1. The van der Waals surface area contributed by atoms with E-state index in [4.69, 9.17) is 0 Å². The smallest absolute Gasteiger partial charge is 0.190 e. The van der Waals surface area contributed by atoms with Gasteiger partial charge in [-0.2, -0.15) is 0 Å². The third kappa shape index (κ3) is 2.43. The first kappa shape index (κ1) is 12.8. The van der Waals surface area contributed by atoms with Gasteiger partial charge >= 0.3 is 0 Å². The Morgan fingerprint density at radius 3 is 2.67 bits per heavy atom. The van der Waals surface area contributed by atoms with Gasteiger partial charge in [-0.05, 0) is 25.5 Å². The molecule has 2 rings (SSSR count). The quantitative estimate of drug-likeness (QED) is 0.784. The number of hydrogen-bond acceptors (Lipinski definition) is 4. The predicted octanol–water partition coefficient (Wildman–Crippen LogP) is 3.81. The topological polar surface area (TPSA) is 33.2 Å². The lowest BCUT2D eigenvalue weighted by molar-refractivity contribution is 0.101. The molecule has 0 aliphatic carbocycles. The summed E-state index contributed by atoms with van der Waals surface area (Å²) < 4.78 is 0. The van der Waals surface area contributed by atoms with E-state index in [2.05, 4.69) is 35.9 Å². The lowest BCUT2D eigenvalue weighted by atomic mass is 10.2. The highest BCUT2D eigenvalue weighted by Gasteiger charge is 2.14. The second-order valence-electron chi connectivity index (χ2n) is 4.10. The predicted molar refractivity (Wildman–Crippen MR) is 76.0 cm³/mol. The molecule has 0 aliphatic heterocycles. The van der Waals surface area contributed by atoms with Crippen LogP contribution in [0.25, 0.3) is 0 Å². The van der Waals surface area contributed by atoms with Crippen LogP contribution in [0.3, 0.4) is 0 Å². The minimum Gasteiger partial charge on any atom is -0.318 e. The van der Waals surface area contributed by atoms with E-state index >= 15 is 0 Å². The zero-order chi connectivity index (χ0) is 13.1. The number of benzene rings is 1. The summed E-state index contributed by atoms with van der Waals surface area (Å²) in [5.74, 6) is 0.0123. The van der Waals surface area contributed by atoms with Crippen molar-refractivity contribution in [2.45, 2.75) is 20.8 Å². The second kappa shape index (κ2) is 5.31. The van der Waals surface area contributed by atoms with Crippen molar-refractivity contribution < 1.29 is 4.79 Å². The van der Waals surface area contributed by atoms with E-state index in [0.717, 1.165) is 17.4 Å². The number of carbonyl (C=O) groups is 1. The van der Waals surface area contributed by atoms with Gasteiger partial charge in [0, 0.05) is 24.5 Å². The average Bonchev–Trinajstić information content (AvgIpc) is 2.82. The standard InChI is InChI=1S/C14H16N2OS/c1-4-16(13-8-6-5-7-10(13)2)14-15-12(9-18-14)11(3)17/h5-9H,4H2,1-3H3. The molecule has 0 spiro atoms. The number of para-hydroxylation sites is 1. The van der Waals surface area contributed by atoms with Gasteiger partial charge in [0.15, 0.2) is 10.9 Å². The third-order valence-electron chi connectivity index (χ3n) is 2.81.